The van der Waals surface area contributed by atoms with Gasteiger partial charge in [0.2, 0.25) is 0 Å². The third kappa shape index (κ3) is 5.29. The number of urea groups is 1. The van der Waals surface area contributed by atoms with E-state index in [1.807, 2.05) is 43.3 Å². The maximum atomic E-state index is 12.8. The molecular weight excluding hydrogens is 489 g/mol. The van der Waals surface area contributed by atoms with Gasteiger partial charge in [0.25, 0.3) is 5.56 Å². The van der Waals surface area contributed by atoms with E-state index in [0.717, 1.165) is 11.1 Å². The Balaban J connectivity index is 1.70. The zero-order valence-corrected chi connectivity index (χ0v) is 20.4. The predicted molar refractivity (Wildman–Crippen MR) is 138 cm³/mol. The van der Waals surface area contributed by atoms with Gasteiger partial charge in [-0.3, -0.25) is 9.78 Å². The average molecular weight is 510 g/mol. The first kappa shape index (κ1) is 24.3. The maximum absolute atomic E-state index is 12.8. The molecule has 4 aromatic rings. The monoisotopic (exact) mass is 509 g/mol. The first-order valence-electron chi connectivity index (χ1n) is 10.7. The molecule has 2 heterocycles. The number of rotatable bonds is 5. The molecule has 178 valence electrons. The summed E-state index contributed by atoms with van der Waals surface area (Å²) in [6.45, 7) is 4.02. The molecule has 4 rings (SSSR count). The van der Waals surface area contributed by atoms with E-state index in [9.17, 15) is 14.7 Å². The van der Waals surface area contributed by atoms with E-state index >= 15 is 0 Å². The van der Waals surface area contributed by atoms with E-state index in [-0.39, 0.29) is 27.2 Å². The van der Waals surface area contributed by atoms with E-state index in [1.54, 1.807) is 13.0 Å². The second-order valence-electron chi connectivity index (χ2n) is 7.72. The van der Waals surface area contributed by atoms with Gasteiger partial charge >= 0.3 is 6.03 Å². The second-order valence-corrected chi connectivity index (χ2v) is 8.54. The van der Waals surface area contributed by atoms with Gasteiger partial charge in [0, 0.05) is 30.1 Å². The van der Waals surface area contributed by atoms with Gasteiger partial charge in [-0.15, -0.1) is 0 Å². The Hall–Kier alpha value is -3.88. The number of aromatic nitrogens is 3. The molecule has 0 spiro atoms. The standard InChI is InChI=1S/C25H21Cl2N5O3/c1-3-32-24(34)21(29-25(35)30-23-18(26)12-28-13-19(23)27)11-20(31-32)16-6-4-5-15(10-16)17-9-14(2)7-8-22(17)33/h4-13,33H,3H2,1-2H3,(H2,28,29,30,35). The SMILES string of the molecule is CCn1nc(-c2cccc(-c3cc(C)ccc3O)c2)cc(NC(=O)Nc2c(Cl)cncc2Cl)c1=O. The third-order valence-corrected chi connectivity index (χ3v) is 5.81. The van der Waals surface area contributed by atoms with E-state index in [4.69, 9.17) is 23.2 Å². The number of pyridine rings is 1. The molecule has 0 bridgehead atoms. The van der Waals surface area contributed by atoms with Crippen molar-refractivity contribution in [2.75, 3.05) is 10.6 Å². The molecule has 3 N–H and O–H groups in total. The van der Waals surface area contributed by atoms with Crippen LogP contribution in [0, 0.1) is 6.92 Å². The molecule has 0 radical (unpaired) electrons. The fraction of sp³-hybridized carbons (Fsp3) is 0.120. The van der Waals surface area contributed by atoms with Crippen LogP contribution in [0.2, 0.25) is 10.0 Å². The van der Waals surface area contributed by atoms with Crippen LogP contribution in [0.5, 0.6) is 5.75 Å². The Morgan fingerprint density at radius 2 is 1.74 bits per heavy atom. The summed E-state index contributed by atoms with van der Waals surface area (Å²) in [4.78, 5) is 29.3. The van der Waals surface area contributed by atoms with Crippen molar-refractivity contribution in [3.8, 4) is 28.1 Å². The largest absolute Gasteiger partial charge is 0.507 e. The summed E-state index contributed by atoms with van der Waals surface area (Å²) in [6.07, 6.45) is 2.69. The number of nitrogens with one attached hydrogen (secondary N) is 2. The number of anilines is 2. The minimum absolute atomic E-state index is 0.0273. The first-order chi connectivity index (χ1) is 16.8. The summed E-state index contributed by atoms with van der Waals surface area (Å²) in [5.41, 5.74) is 3.38. The fourth-order valence-corrected chi connectivity index (χ4v) is 3.97. The number of hydrogen-bond acceptors (Lipinski definition) is 5. The van der Waals surface area contributed by atoms with Crippen molar-refractivity contribution < 1.29 is 9.90 Å². The van der Waals surface area contributed by atoms with Crippen LogP contribution in [0.3, 0.4) is 0 Å². The lowest BCUT2D eigenvalue weighted by Crippen LogP contribution is -2.29. The van der Waals surface area contributed by atoms with Crippen molar-refractivity contribution >= 4 is 40.6 Å². The highest BCUT2D eigenvalue weighted by Gasteiger charge is 2.15. The van der Waals surface area contributed by atoms with Gasteiger partial charge in [-0.1, -0.05) is 53.0 Å². The van der Waals surface area contributed by atoms with Crippen LogP contribution < -0.4 is 16.2 Å². The van der Waals surface area contributed by atoms with Gasteiger partial charge in [0.05, 0.1) is 21.4 Å². The van der Waals surface area contributed by atoms with Crippen LogP contribution in [0.15, 0.2) is 65.7 Å². The van der Waals surface area contributed by atoms with Crippen LogP contribution in [0.25, 0.3) is 22.4 Å². The number of phenols is 1. The smallest absolute Gasteiger partial charge is 0.323 e. The summed E-state index contributed by atoms with van der Waals surface area (Å²) in [7, 11) is 0. The molecule has 0 saturated heterocycles. The average Bonchev–Trinajstić information content (AvgIpc) is 2.84. The molecule has 8 nitrogen and oxygen atoms in total. The molecule has 0 saturated carbocycles. The number of benzene rings is 2. The number of nitrogens with zero attached hydrogens (tertiary/aromatic N) is 3. The third-order valence-electron chi connectivity index (χ3n) is 5.24. The number of carbonyl (C=O) groups excluding carboxylic acids is 1. The Kier molecular flexibility index (Phi) is 7.04. The van der Waals surface area contributed by atoms with E-state index in [2.05, 4.69) is 20.7 Å². The lowest BCUT2D eigenvalue weighted by molar-refractivity contribution is 0.262. The number of amides is 2. The van der Waals surface area contributed by atoms with Crippen LogP contribution >= 0.6 is 23.2 Å². The van der Waals surface area contributed by atoms with Gasteiger partial charge in [-0.2, -0.15) is 5.10 Å². The molecule has 2 aromatic carbocycles. The molecule has 0 fully saturated rings. The zero-order valence-electron chi connectivity index (χ0n) is 18.8. The molecule has 2 amide bonds. The van der Waals surface area contributed by atoms with Crippen molar-refractivity contribution in [1.82, 2.24) is 14.8 Å². The zero-order chi connectivity index (χ0) is 25.1. The van der Waals surface area contributed by atoms with Crippen LogP contribution in [-0.2, 0) is 6.54 Å². The summed E-state index contributed by atoms with van der Waals surface area (Å²) < 4.78 is 1.26. The van der Waals surface area contributed by atoms with Crippen LogP contribution in [-0.4, -0.2) is 25.9 Å². The van der Waals surface area contributed by atoms with Crippen molar-refractivity contribution in [2.24, 2.45) is 0 Å². The Morgan fingerprint density at radius 3 is 2.46 bits per heavy atom. The Labute approximate surface area is 211 Å². The van der Waals surface area contributed by atoms with Crippen molar-refractivity contribution in [3.63, 3.8) is 0 Å². The molecule has 35 heavy (non-hydrogen) atoms. The molecule has 0 aliphatic heterocycles. The number of hydrogen-bond donors (Lipinski definition) is 3. The van der Waals surface area contributed by atoms with Crippen molar-refractivity contribution in [1.29, 1.82) is 0 Å². The quantitative estimate of drug-likeness (QED) is 0.307. The summed E-state index contributed by atoms with van der Waals surface area (Å²) in [6, 6.07) is 13.6. The van der Waals surface area contributed by atoms with Crippen LogP contribution in [0.4, 0.5) is 16.2 Å². The summed E-state index contributed by atoms with van der Waals surface area (Å²) in [5.74, 6) is 0.159. The highest BCUT2D eigenvalue weighted by atomic mass is 35.5. The van der Waals surface area contributed by atoms with E-state index in [1.165, 1.54) is 23.1 Å². The molecule has 0 atom stereocenters. The molecular formula is C25H21Cl2N5O3. The highest BCUT2D eigenvalue weighted by Crippen LogP contribution is 2.33. The lowest BCUT2D eigenvalue weighted by Gasteiger charge is -2.13. The Bertz CT molecular complexity index is 1470. The first-order valence-corrected chi connectivity index (χ1v) is 11.4. The predicted octanol–water partition coefficient (Wildman–Crippen LogP) is 5.96. The number of aromatic hydroxyl groups is 1. The number of aryl methyl sites for hydroxylation is 2. The van der Waals surface area contributed by atoms with E-state index < -0.39 is 11.6 Å². The van der Waals surface area contributed by atoms with Crippen LogP contribution in [0.1, 0.15) is 12.5 Å². The minimum atomic E-state index is -0.699. The van der Waals surface area contributed by atoms with Gasteiger partial charge in [-0.25, -0.2) is 9.48 Å². The van der Waals surface area contributed by atoms with Gasteiger partial charge in [0.15, 0.2) is 0 Å². The fourth-order valence-electron chi connectivity index (χ4n) is 3.51. The number of phenolic OH excluding ortho intramolecular Hbond substituents is 1. The number of halogens is 2. The number of carbonyl (C=O) groups is 1. The van der Waals surface area contributed by atoms with E-state index in [0.29, 0.717) is 23.4 Å². The van der Waals surface area contributed by atoms with Crippen molar-refractivity contribution in [3.05, 3.63) is 86.9 Å². The van der Waals surface area contributed by atoms with Crippen molar-refractivity contribution in [2.45, 2.75) is 20.4 Å². The molecule has 0 aliphatic carbocycles. The molecule has 2 aromatic heterocycles. The lowest BCUT2D eigenvalue weighted by atomic mass is 9.99. The topological polar surface area (TPSA) is 109 Å². The normalized spacial score (nSPS) is 10.7. The minimum Gasteiger partial charge on any atom is -0.507 e. The highest BCUT2D eigenvalue weighted by molar-refractivity contribution is 6.39. The Morgan fingerprint density at radius 1 is 1.03 bits per heavy atom. The van der Waals surface area contributed by atoms with Gasteiger partial charge < -0.3 is 15.7 Å². The summed E-state index contributed by atoms with van der Waals surface area (Å²) >= 11 is 12.1. The van der Waals surface area contributed by atoms with Gasteiger partial charge in [-0.05, 0) is 43.7 Å². The maximum Gasteiger partial charge on any atom is 0.323 e. The molecule has 10 heteroatoms. The van der Waals surface area contributed by atoms with Gasteiger partial charge in [0.1, 0.15) is 11.4 Å². The molecule has 0 unspecified atom stereocenters. The summed E-state index contributed by atoms with van der Waals surface area (Å²) in [5, 5.41) is 20.2. The second kappa shape index (κ2) is 10.2. The molecule has 0 aliphatic rings.